The average molecular weight is 258 g/mol. The van der Waals surface area contributed by atoms with Crippen molar-refractivity contribution in [1.29, 1.82) is 5.26 Å². The first kappa shape index (κ1) is 11.8. The molecule has 0 heterocycles. The highest BCUT2D eigenvalue weighted by molar-refractivity contribution is 5.81. The average Bonchev–Trinajstić information content (AvgIpc) is 3.19. The standard InChI is InChI=1S/C16H22N2O/c17-3-4-18(16(19)12-1-2-12)15-13-6-10-5-11(8-13)9-14(15)7-10/h10-15H,1-2,4-9H2. The second-order valence-electron chi connectivity index (χ2n) is 7.32. The summed E-state index contributed by atoms with van der Waals surface area (Å²) < 4.78 is 0. The van der Waals surface area contributed by atoms with E-state index in [9.17, 15) is 4.79 Å². The molecular weight excluding hydrogens is 236 g/mol. The zero-order chi connectivity index (χ0) is 13.0. The smallest absolute Gasteiger partial charge is 0.226 e. The van der Waals surface area contributed by atoms with Gasteiger partial charge in [-0.1, -0.05) is 0 Å². The van der Waals surface area contributed by atoms with Crippen LogP contribution in [0.15, 0.2) is 0 Å². The lowest BCUT2D eigenvalue weighted by atomic mass is 9.54. The molecule has 4 bridgehead atoms. The first-order valence-electron chi connectivity index (χ1n) is 7.93. The molecule has 5 aliphatic carbocycles. The van der Waals surface area contributed by atoms with E-state index in [0.29, 0.717) is 30.3 Å². The first-order valence-corrected chi connectivity index (χ1v) is 7.93. The summed E-state index contributed by atoms with van der Waals surface area (Å²) in [6.45, 7) is 0.322. The molecule has 0 aromatic heterocycles. The van der Waals surface area contributed by atoms with Gasteiger partial charge in [-0.15, -0.1) is 0 Å². The molecule has 19 heavy (non-hydrogen) atoms. The van der Waals surface area contributed by atoms with Crippen LogP contribution in [0.4, 0.5) is 0 Å². The molecule has 5 rings (SSSR count). The van der Waals surface area contributed by atoms with Gasteiger partial charge in [0.15, 0.2) is 0 Å². The lowest BCUT2D eigenvalue weighted by Crippen LogP contribution is -2.57. The number of carbonyl (C=O) groups excluding carboxylic acids is 1. The Labute approximate surface area is 115 Å². The van der Waals surface area contributed by atoms with Crippen LogP contribution < -0.4 is 0 Å². The Morgan fingerprint density at radius 2 is 1.63 bits per heavy atom. The summed E-state index contributed by atoms with van der Waals surface area (Å²) in [5.41, 5.74) is 0. The molecular formula is C16H22N2O. The maximum atomic E-state index is 12.5. The molecule has 0 saturated heterocycles. The van der Waals surface area contributed by atoms with Gasteiger partial charge in [-0.2, -0.15) is 5.26 Å². The quantitative estimate of drug-likeness (QED) is 0.730. The Balaban J connectivity index is 1.58. The number of hydrogen-bond donors (Lipinski definition) is 0. The van der Waals surface area contributed by atoms with E-state index >= 15 is 0 Å². The molecule has 5 aliphatic rings. The maximum absolute atomic E-state index is 12.5. The Morgan fingerprint density at radius 1 is 1.05 bits per heavy atom. The van der Waals surface area contributed by atoms with E-state index in [4.69, 9.17) is 5.26 Å². The third kappa shape index (κ3) is 1.88. The van der Waals surface area contributed by atoms with Gasteiger partial charge < -0.3 is 4.90 Å². The lowest BCUT2D eigenvalue weighted by molar-refractivity contribution is -0.143. The molecule has 0 N–H and O–H groups in total. The van der Waals surface area contributed by atoms with E-state index in [2.05, 4.69) is 6.07 Å². The molecule has 0 aromatic rings. The van der Waals surface area contributed by atoms with Gasteiger partial charge in [0.25, 0.3) is 0 Å². The molecule has 1 amide bonds. The predicted molar refractivity (Wildman–Crippen MR) is 70.9 cm³/mol. The minimum Gasteiger partial charge on any atom is -0.326 e. The van der Waals surface area contributed by atoms with Crippen LogP contribution in [0.3, 0.4) is 0 Å². The molecule has 0 aliphatic heterocycles. The Bertz CT molecular complexity index is 407. The third-order valence-corrected chi connectivity index (χ3v) is 5.99. The van der Waals surface area contributed by atoms with Crippen molar-refractivity contribution in [2.75, 3.05) is 6.54 Å². The summed E-state index contributed by atoms with van der Waals surface area (Å²) in [5.74, 6) is 3.81. The summed E-state index contributed by atoms with van der Waals surface area (Å²) in [6.07, 6.45) is 8.81. The molecule has 3 nitrogen and oxygen atoms in total. The van der Waals surface area contributed by atoms with Crippen molar-refractivity contribution < 1.29 is 4.79 Å². The zero-order valence-electron chi connectivity index (χ0n) is 11.4. The maximum Gasteiger partial charge on any atom is 0.226 e. The van der Waals surface area contributed by atoms with Gasteiger partial charge >= 0.3 is 0 Å². The fourth-order valence-corrected chi connectivity index (χ4v) is 5.38. The highest BCUT2D eigenvalue weighted by Crippen LogP contribution is 2.55. The number of carbonyl (C=O) groups is 1. The van der Waals surface area contributed by atoms with Gasteiger partial charge in [-0.3, -0.25) is 4.79 Å². The first-order chi connectivity index (χ1) is 9.26. The minimum absolute atomic E-state index is 0.255. The van der Waals surface area contributed by atoms with Gasteiger partial charge in [-0.05, 0) is 68.6 Å². The molecule has 3 heteroatoms. The molecule has 0 unspecified atom stereocenters. The number of amides is 1. The van der Waals surface area contributed by atoms with Crippen molar-refractivity contribution in [1.82, 2.24) is 4.90 Å². The van der Waals surface area contributed by atoms with Crippen LogP contribution >= 0.6 is 0 Å². The SMILES string of the molecule is N#CCN(C(=O)C1CC1)C1C2CC3CC(C2)CC1C3. The van der Waals surface area contributed by atoms with E-state index in [-0.39, 0.29) is 5.92 Å². The van der Waals surface area contributed by atoms with Gasteiger partial charge in [-0.25, -0.2) is 0 Å². The highest BCUT2D eigenvalue weighted by Gasteiger charge is 2.52. The minimum atomic E-state index is 0.255. The Hall–Kier alpha value is -1.04. The topological polar surface area (TPSA) is 44.1 Å². The van der Waals surface area contributed by atoms with Crippen LogP contribution in [0.5, 0.6) is 0 Å². The number of nitrogens with zero attached hydrogens (tertiary/aromatic N) is 2. The normalized spacial score (nSPS) is 43.0. The van der Waals surface area contributed by atoms with Gasteiger partial charge in [0.2, 0.25) is 5.91 Å². The van der Waals surface area contributed by atoms with Crippen molar-refractivity contribution in [3.05, 3.63) is 0 Å². The third-order valence-electron chi connectivity index (χ3n) is 5.99. The monoisotopic (exact) mass is 258 g/mol. The van der Waals surface area contributed by atoms with Crippen LogP contribution in [0.25, 0.3) is 0 Å². The van der Waals surface area contributed by atoms with Crippen LogP contribution in [0.2, 0.25) is 0 Å². The van der Waals surface area contributed by atoms with Crippen LogP contribution in [0, 0.1) is 40.9 Å². The molecule has 0 aromatic carbocycles. The van der Waals surface area contributed by atoms with Crippen LogP contribution in [0.1, 0.15) is 44.9 Å². The summed E-state index contributed by atoms with van der Waals surface area (Å²) in [4.78, 5) is 14.5. The van der Waals surface area contributed by atoms with Crippen molar-refractivity contribution in [2.45, 2.75) is 51.0 Å². The van der Waals surface area contributed by atoms with Gasteiger partial charge in [0.1, 0.15) is 6.54 Å². The highest BCUT2D eigenvalue weighted by atomic mass is 16.2. The van der Waals surface area contributed by atoms with Gasteiger partial charge in [0, 0.05) is 12.0 Å². The Morgan fingerprint density at radius 3 is 2.11 bits per heavy atom. The predicted octanol–water partition coefficient (Wildman–Crippen LogP) is 2.57. The molecule has 102 valence electrons. The zero-order valence-corrected chi connectivity index (χ0v) is 11.4. The summed E-state index contributed by atoms with van der Waals surface area (Å²) in [6, 6.07) is 2.65. The number of nitriles is 1. The molecule has 0 radical (unpaired) electrons. The molecule has 5 fully saturated rings. The van der Waals surface area contributed by atoms with Crippen LogP contribution in [-0.2, 0) is 4.79 Å². The van der Waals surface area contributed by atoms with E-state index in [1.165, 1.54) is 32.1 Å². The van der Waals surface area contributed by atoms with E-state index < -0.39 is 0 Å². The van der Waals surface area contributed by atoms with Crippen molar-refractivity contribution >= 4 is 5.91 Å². The molecule has 0 spiro atoms. The van der Waals surface area contributed by atoms with Crippen LogP contribution in [-0.4, -0.2) is 23.4 Å². The van der Waals surface area contributed by atoms with E-state index in [1.54, 1.807) is 0 Å². The largest absolute Gasteiger partial charge is 0.326 e. The van der Waals surface area contributed by atoms with Crippen molar-refractivity contribution in [3.63, 3.8) is 0 Å². The van der Waals surface area contributed by atoms with Gasteiger partial charge in [0.05, 0.1) is 6.07 Å². The van der Waals surface area contributed by atoms with Crippen molar-refractivity contribution in [3.8, 4) is 6.07 Å². The summed E-state index contributed by atoms with van der Waals surface area (Å²) in [7, 11) is 0. The van der Waals surface area contributed by atoms with E-state index in [0.717, 1.165) is 24.7 Å². The number of hydrogen-bond acceptors (Lipinski definition) is 2. The Kier molecular flexibility index (Phi) is 2.62. The second-order valence-corrected chi connectivity index (χ2v) is 7.32. The summed E-state index contributed by atoms with van der Waals surface area (Å²) in [5, 5.41) is 9.10. The second kappa shape index (κ2) is 4.23. The summed E-state index contributed by atoms with van der Waals surface area (Å²) >= 11 is 0. The van der Waals surface area contributed by atoms with E-state index in [1.807, 2.05) is 4.90 Å². The molecule has 5 saturated carbocycles. The fraction of sp³-hybridized carbons (Fsp3) is 0.875. The fourth-order valence-electron chi connectivity index (χ4n) is 5.38. The van der Waals surface area contributed by atoms with Crippen molar-refractivity contribution in [2.24, 2.45) is 29.6 Å². The lowest BCUT2D eigenvalue weighted by Gasteiger charge is -2.56. The number of rotatable bonds is 3. The molecule has 0 atom stereocenters.